The Labute approximate surface area is 165 Å². The molecule has 0 bridgehead atoms. The van der Waals surface area contributed by atoms with Crippen molar-refractivity contribution in [2.45, 2.75) is 20.1 Å². The molecule has 0 radical (unpaired) electrons. The van der Waals surface area contributed by atoms with Crippen molar-refractivity contribution < 1.29 is 9.47 Å². The van der Waals surface area contributed by atoms with Crippen LogP contribution in [-0.2, 0) is 9.47 Å². The van der Waals surface area contributed by atoms with E-state index >= 15 is 0 Å². The van der Waals surface area contributed by atoms with Crippen LogP contribution in [-0.4, -0.2) is 28.7 Å². The average molecular weight is 398 g/mol. The summed E-state index contributed by atoms with van der Waals surface area (Å²) in [7, 11) is 1.65. The van der Waals surface area contributed by atoms with Crippen LogP contribution in [0.4, 0.5) is 0 Å². The van der Waals surface area contributed by atoms with Crippen molar-refractivity contribution in [2.75, 3.05) is 13.7 Å². The molecule has 4 aromatic heterocycles. The van der Waals surface area contributed by atoms with Crippen molar-refractivity contribution in [1.29, 1.82) is 0 Å². The Morgan fingerprint density at radius 3 is 2.85 bits per heavy atom. The Kier molecular flexibility index (Phi) is 5.27. The lowest BCUT2D eigenvalue weighted by Crippen LogP contribution is -2.09. The molecule has 0 saturated carbocycles. The second-order valence-corrected chi connectivity index (χ2v) is 7.85. The number of fused-ring (bicyclic) bond motifs is 1. The average Bonchev–Trinajstić information content (AvgIpc) is 3.32. The molecule has 5 nitrogen and oxygen atoms in total. The molecular weight excluding hydrogens is 378 g/mol. The molecule has 0 aliphatic heterocycles. The molecule has 27 heavy (non-hydrogen) atoms. The van der Waals surface area contributed by atoms with Gasteiger partial charge in [0.1, 0.15) is 10.7 Å². The maximum Gasteiger partial charge on any atom is 0.202 e. The number of hydrogen-bond acceptors (Lipinski definition) is 7. The third kappa shape index (κ3) is 3.51. The summed E-state index contributed by atoms with van der Waals surface area (Å²) in [5.74, 6) is 0. The van der Waals surface area contributed by atoms with Crippen LogP contribution in [0.5, 0.6) is 0 Å². The van der Waals surface area contributed by atoms with Crippen LogP contribution in [0.1, 0.15) is 24.6 Å². The summed E-state index contributed by atoms with van der Waals surface area (Å²) in [5.41, 5.74) is 3.68. The number of thiazole rings is 1. The first-order valence-electron chi connectivity index (χ1n) is 8.62. The Hall–Kier alpha value is -2.19. The molecule has 1 unspecified atom stereocenters. The minimum atomic E-state index is -0.484. The molecule has 4 aromatic rings. The summed E-state index contributed by atoms with van der Waals surface area (Å²) in [6.45, 7) is 4.53. The van der Waals surface area contributed by atoms with E-state index in [0.29, 0.717) is 6.61 Å². The molecule has 0 spiro atoms. The molecule has 0 aliphatic rings. The third-order valence-electron chi connectivity index (χ3n) is 4.15. The van der Waals surface area contributed by atoms with E-state index in [1.807, 2.05) is 32.2 Å². The van der Waals surface area contributed by atoms with Gasteiger partial charge in [0.15, 0.2) is 0 Å². The number of ether oxygens (including phenoxy) is 2. The predicted octanol–water partition coefficient (Wildman–Crippen LogP) is 5.47. The highest BCUT2D eigenvalue weighted by molar-refractivity contribution is 7.18. The van der Waals surface area contributed by atoms with Crippen LogP contribution in [0.2, 0.25) is 0 Å². The Bertz CT molecular complexity index is 1060. The molecular formula is C20H19N3O2S2. The van der Waals surface area contributed by atoms with E-state index in [2.05, 4.69) is 22.5 Å². The van der Waals surface area contributed by atoms with Crippen LogP contribution in [0.25, 0.3) is 31.2 Å². The van der Waals surface area contributed by atoms with E-state index in [1.165, 1.54) is 0 Å². The standard InChI is InChI=1S/C20H19N3O2S2/c1-4-25-20(24-3)16-18-13(7-9-26-18)10-15(23-16)17-12(2)22-19(27-17)14-6-5-8-21-11-14/h5-11,20H,4H2,1-3H3. The van der Waals surface area contributed by atoms with Crippen LogP contribution in [0.15, 0.2) is 42.0 Å². The van der Waals surface area contributed by atoms with Crippen LogP contribution in [0, 0.1) is 6.92 Å². The monoisotopic (exact) mass is 397 g/mol. The molecule has 7 heteroatoms. The number of rotatable bonds is 6. The van der Waals surface area contributed by atoms with Gasteiger partial charge in [-0.05, 0) is 48.9 Å². The van der Waals surface area contributed by atoms with Gasteiger partial charge in [0.2, 0.25) is 6.29 Å². The Morgan fingerprint density at radius 1 is 1.22 bits per heavy atom. The Morgan fingerprint density at radius 2 is 2.11 bits per heavy atom. The number of nitrogens with zero attached hydrogens (tertiary/aromatic N) is 3. The highest BCUT2D eigenvalue weighted by atomic mass is 32.1. The lowest BCUT2D eigenvalue weighted by molar-refractivity contribution is -0.125. The normalized spacial score (nSPS) is 12.6. The van der Waals surface area contributed by atoms with Gasteiger partial charge in [-0.3, -0.25) is 4.98 Å². The summed E-state index contributed by atoms with van der Waals surface area (Å²) in [4.78, 5) is 14.9. The van der Waals surface area contributed by atoms with Crippen molar-refractivity contribution in [1.82, 2.24) is 15.0 Å². The zero-order valence-corrected chi connectivity index (χ0v) is 16.9. The molecule has 0 amide bonds. The molecule has 4 heterocycles. The summed E-state index contributed by atoms with van der Waals surface area (Å²) >= 11 is 3.28. The van der Waals surface area contributed by atoms with Gasteiger partial charge in [-0.1, -0.05) is 0 Å². The summed E-state index contributed by atoms with van der Waals surface area (Å²) in [6.07, 6.45) is 3.11. The zero-order valence-electron chi connectivity index (χ0n) is 15.3. The molecule has 138 valence electrons. The third-order valence-corrected chi connectivity index (χ3v) is 6.34. The van der Waals surface area contributed by atoms with Crippen molar-refractivity contribution in [3.63, 3.8) is 0 Å². The highest BCUT2D eigenvalue weighted by Gasteiger charge is 2.20. The molecule has 0 aromatic carbocycles. The predicted molar refractivity (Wildman–Crippen MR) is 110 cm³/mol. The molecule has 0 N–H and O–H groups in total. The van der Waals surface area contributed by atoms with Gasteiger partial charge in [-0.2, -0.15) is 0 Å². The fourth-order valence-corrected chi connectivity index (χ4v) is 4.83. The van der Waals surface area contributed by atoms with Gasteiger partial charge < -0.3 is 9.47 Å². The van der Waals surface area contributed by atoms with Crippen molar-refractivity contribution in [2.24, 2.45) is 0 Å². The van der Waals surface area contributed by atoms with E-state index in [1.54, 1.807) is 36.0 Å². The quantitative estimate of drug-likeness (QED) is 0.404. The lowest BCUT2D eigenvalue weighted by atomic mass is 10.2. The number of aryl methyl sites for hydroxylation is 1. The van der Waals surface area contributed by atoms with Gasteiger partial charge >= 0.3 is 0 Å². The van der Waals surface area contributed by atoms with Crippen molar-refractivity contribution >= 4 is 32.8 Å². The lowest BCUT2D eigenvalue weighted by Gasteiger charge is -2.16. The topological polar surface area (TPSA) is 57.1 Å². The van der Waals surface area contributed by atoms with Crippen LogP contribution in [0.3, 0.4) is 0 Å². The van der Waals surface area contributed by atoms with Crippen LogP contribution >= 0.6 is 22.7 Å². The van der Waals surface area contributed by atoms with Gasteiger partial charge in [-0.15, -0.1) is 22.7 Å². The van der Waals surface area contributed by atoms with E-state index in [4.69, 9.17) is 19.4 Å². The van der Waals surface area contributed by atoms with E-state index in [-0.39, 0.29) is 0 Å². The van der Waals surface area contributed by atoms with Crippen LogP contribution < -0.4 is 0 Å². The van der Waals surface area contributed by atoms with E-state index in [0.717, 1.165) is 42.6 Å². The highest BCUT2D eigenvalue weighted by Crippen LogP contribution is 2.38. The molecule has 0 fully saturated rings. The minimum Gasteiger partial charge on any atom is -0.350 e. The number of aromatic nitrogens is 3. The molecule has 4 rings (SSSR count). The first-order valence-corrected chi connectivity index (χ1v) is 10.3. The van der Waals surface area contributed by atoms with Crippen molar-refractivity contribution in [3.8, 4) is 21.1 Å². The number of pyridine rings is 2. The first-order chi connectivity index (χ1) is 13.2. The minimum absolute atomic E-state index is 0.484. The molecule has 0 aliphatic carbocycles. The maximum atomic E-state index is 5.75. The van der Waals surface area contributed by atoms with E-state index in [9.17, 15) is 0 Å². The largest absolute Gasteiger partial charge is 0.350 e. The van der Waals surface area contributed by atoms with Gasteiger partial charge in [0.05, 0.1) is 21.0 Å². The fourth-order valence-electron chi connectivity index (χ4n) is 2.93. The van der Waals surface area contributed by atoms with Gasteiger partial charge in [0.25, 0.3) is 0 Å². The molecule has 1 atom stereocenters. The second-order valence-electron chi connectivity index (χ2n) is 5.93. The summed E-state index contributed by atoms with van der Waals surface area (Å²) in [6, 6.07) is 8.16. The Balaban J connectivity index is 1.84. The zero-order chi connectivity index (χ0) is 18.8. The summed E-state index contributed by atoms with van der Waals surface area (Å²) in [5, 5.41) is 4.15. The fraction of sp³-hybridized carbons (Fsp3) is 0.250. The summed E-state index contributed by atoms with van der Waals surface area (Å²) < 4.78 is 12.4. The number of thiophene rings is 1. The maximum absolute atomic E-state index is 5.75. The van der Waals surface area contributed by atoms with Gasteiger partial charge in [0, 0.05) is 31.7 Å². The van der Waals surface area contributed by atoms with E-state index < -0.39 is 6.29 Å². The molecule has 0 saturated heterocycles. The second kappa shape index (κ2) is 7.82. The number of hydrogen-bond donors (Lipinski definition) is 0. The number of methoxy groups -OCH3 is 1. The smallest absolute Gasteiger partial charge is 0.202 e. The SMILES string of the molecule is CCOC(OC)c1nc(-c2sc(-c3cccnc3)nc2C)cc2ccsc12. The van der Waals surface area contributed by atoms with Gasteiger partial charge in [-0.25, -0.2) is 9.97 Å². The first kappa shape index (κ1) is 18.2. The van der Waals surface area contributed by atoms with Crippen molar-refractivity contribution in [3.05, 3.63) is 53.4 Å².